The lowest BCUT2D eigenvalue weighted by atomic mass is 10.1. The molecule has 0 N–H and O–H groups in total. The summed E-state index contributed by atoms with van der Waals surface area (Å²) < 4.78 is 7.48. The van der Waals surface area contributed by atoms with Crippen LogP contribution < -0.4 is 9.64 Å². The van der Waals surface area contributed by atoms with Crippen LogP contribution in [0, 0.1) is 0 Å². The van der Waals surface area contributed by atoms with Crippen LogP contribution in [-0.2, 0) is 17.9 Å². The summed E-state index contributed by atoms with van der Waals surface area (Å²) in [5.74, 6) is 0.384. The van der Waals surface area contributed by atoms with Crippen LogP contribution in [-0.4, -0.2) is 22.3 Å². The van der Waals surface area contributed by atoms with Crippen LogP contribution in [0.25, 0.3) is 0 Å². The van der Waals surface area contributed by atoms with E-state index in [0.29, 0.717) is 29.6 Å². The Labute approximate surface area is 172 Å². The highest BCUT2D eigenvalue weighted by Crippen LogP contribution is 2.29. The monoisotopic (exact) mass is 414 g/mol. The molecule has 3 aromatic rings. The molecule has 4 rings (SSSR count). The van der Waals surface area contributed by atoms with Crippen molar-refractivity contribution in [3.63, 3.8) is 0 Å². The van der Waals surface area contributed by atoms with Gasteiger partial charge in [0.15, 0.2) is 6.61 Å². The molecule has 0 unspecified atom stereocenters. The molecule has 1 amide bonds. The number of carbonyl (C=O) groups is 2. The third kappa shape index (κ3) is 3.63. The SMILES string of the molecule is O=C(Cl)c1ccc2n1Cc1ccccc1N(C(=O)COc1ccc(Cl)cc1)C2. The Bertz CT molecular complexity index is 1040. The number of halogens is 2. The standard InChI is InChI=1S/C21H16Cl2N2O3/c22-15-5-8-17(9-6-15)28-13-20(26)25-12-16-7-10-19(21(23)27)24(16)11-14-3-1-2-4-18(14)25/h1-10H,11-13H2. The molecule has 1 aromatic heterocycles. The molecule has 142 valence electrons. The molecule has 5 nitrogen and oxygen atoms in total. The van der Waals surface area contributed by atoms with E-state index < -0.39 is 5.24 Å². The summed E-state index contributed by atoms with van der Waals surface area (Å²) in [5.41, 5.74) is 2.97. The molecule has 0 bridgehead atoms. The Hall–Kier alpha value is -2.76. The van der Waals surface area contributed by atoms with Gasteiger partial charge in [-0.15, -0.1) is 0 Å². The molecular weight excluding hydrogens is 399 g/mol. The number of nitrogens with zero attached hydrogens (tertiary/aromatic N) is 2. The Morgan fingerprint density at radius 2 is 1.71 bits per heavy atom. The zero-order valence-electron chi connectivity index (χ0n) is 14.8. The van der Waals surface area contributed by atoms with Crippen molar-refractivity contribution in [3.8, 4) is 5.75 Å². The second-order valence-electron chi connectivity index (χ2n) is 6.42. The van der Waals surface area contributed by atoms with Gasteiger partial charge in [0.25, 0.3) is 11.1 Å². The molecule has 0 atom stereocenters. The van der Waals surface area contributed by atoms with Gasteiger partial charge in [0, 0.05) is 16.4 Å². The molecule has 7 heteroatoms. The van der Waals surface area contributed by atoms with Crippen LogP contribution in [0.5, 0.6) is 5.75 Å². The highest BCUT2D eigenvalue weighted by atomic mass is 35.5. The summed E-state index contributed by atoms with van der Waals surface area (Å²) in [6.07, 6.45) is 0. The summed E-state index contributed by atoms with van der Waals surface area (Å²) in [7, 11) is 0. The van der Waals surface area contributed by atoms with Crippen molar-refractivity contribution in [2.75, 3.05) is 11.5 Å². The van der Waals surface area contributed by atoms with E-state index >= 15 is 0 Å². The fourth-order valence-electron chi connectivity index (χ4n) is 3.31. The molecule has 28 heavy (non-hydrogen) atoms. The molecule has 1 aliphatic rings. The van der Waals surface area contributed by atoms with E-state index in [1.165, 1.54) is 0 Å². The van der Waals surface area contributed by atoms with Crippen molar-refractivity contribution < 1.29 is 14.3 Å². The minimum atomic E-state index is -0.519. The van der Waals surface area contributed by atoms with Crippen molar-refractivity contribution in [1.29, 1.82) is 0 Å². The number of para-hydroxylation sites is 1. The Morgan fingerprint density at radius 1 is 0.964 bits per heavy atom. The quantitative estimate of drug-likeness (QED) is 0.590. The van der Waals surface area contributed by atoms with Gasteiger partial charge in [-0.05, 0) is 59.6 Å². The van der Waals surface area contributed by atoms with E-state index in [9.17, 15) is 9.59 Å². The largest absolute Gasteiger partial charge is 0.484 e. The van der Waals surface area contributed by atoms with E-state index in [1.54, 1.807) is 35.2 Å². The summed E-state index contributed by atoms with van der Waals surface area (Å²) >= 11 is 11.6. The fraction of sp³-hybridized carbons (Fsp3) is 0.143. The van der Waals surface area contributed by atoms with Gasteiger partial charge < -0.3 is 14.2 Å². The van der Waals surface area contributed by atoms with Gasteiger partial charge in [-0.1, -0.05) is 29.8 Å². The highest BCUT2D eigenvalue weighted by molar-refractivity contribution is 6.67. The van der Waals surface area contributed by atoms with Crippen molar-refractivity contribution in [1.82, 2.24) is 4.57 Å². The number of rotatable bonds is 4. The topological polar surface area (TPSA) is 51.5 Å². The number of amides is 1. The van der Waals surface area contributed by atoms with Crippen LogP contribution in [0.2, 0.25) is 5.02 Å². The first-order valence-corrected chi connectivity index (χ1v) is 9.43. The Balaban J connectivity index is 1.62. The van der Waals surface area contributed by atoms with Crippen LogP contribution in [0.1, 0.15) is 21.7 Å². The maximum absolute atomic E-state index is 13.0. The van der Waals surface area contributed by atoms with E-state index in [0.717, 1.165) is 16.9 Å². The van der Waals surface area contributed by atoms with Gasteiger partial charge in [-0.25, -0.2) is 0 Å². The number of fused-ring (bicyclic) bond motifs is 2. The maximum Gasteiger partial charge on any atom is 0.268 e. The second kappa shape index (κ2) is 7.70. The number of carbonyl (C=O) groups excluding carboxylic acids is 2. The second-order valence-corrected chi connectivity index (χ2v) is 7.20. The van der Waals surface area contributed by atoms with Crippen molar-refractivity contribution >= 4 is 40.0 Å². The fourth-order valence-corrected chi connectivity index (χ4v) is 3.60. The molecular formula is C21H16Cl2N2O3. The molecule has 0 radical (unpaired) electrons. The zero-order chi connectivity index (χ0) is 19.7. The van der Waals surface area contributed by atoms with Gasteiger partial charge in [0.05, 0.1) is 13.1 Å². The molecule has 0 saturated carbocycles. The van der Waals surface area contributed by atoms with Gasteiger partial charge in [0.2, 0.25) is 0 Å². The van der Waals surface area contributed by atoms with Crippen LogP contribution in [0.15, 0.2) is 60.7 Å². The molecule has 0 aliphatic carbocycles. The Kier molecular flexibility index (Phi) is 5.11. The van der Waals surface area contributed by atoms with Crippen LogP contribution in [0.3, 0.4) is 0 Å². The first-order chi connectivity index (χ1) is 13.5. The number of hydrogen-bond donors (Lipinski definition) is 0. The summed E-state index contributed by atoms with van der Waals surface area (Å²) in [5, 5.41) is 0.0834. The normalized spacial score (nSPS) is 12.7. The first-order valence-electron chi connectivity index (χ1n) is 8.68. The minimum Gasteiger partial charge on any atom is -0.484 e. The average Bonchev–Trinajstić information content (AvgIpc) is 3.01. The maximum atomic E-state index is 13.0. The summed E-state index contributed by atoms with van der Waals surface area (Å²) in [6, 6.07) is 18.0. The lowest BCUT2D eigenvalue weighted by Crippen LogP contribution is -2.34. The highest BCUT2D eigenvalue weighted by Gasteiger charge is 2.26. The first kappa shape index (κ1) is 18.6. The van der Waals surface area contributed by atoms with Gasteiger partial charge >= 0.3 is 0 Å². The molecule has 2 aromatic carbocycles. The lowest BCUT2D eigenvalue weighted by molar-refractivity contribution is -0.120. The van der Waals surface area contributed by atoms with Gasteiger partial charge in [-0.3, -0.25) is 9.59 Å². The molecule has 0 saturated heterocycles. The van der Waals surface area contributed by atoms with Crippen molar-refractivity contribution in [3.05, 3.63) is 82.6 Å². The Morgan fingerprint density at radius 3 is 2.46 bits per heavy atom. The number of anilines is 1. The molecule has 1 aliphatic heterocycles. The third-order valence-electron chi connectivity index (χ3n) is 4.68. The average molecular weight is 415 g/mol. The molecule has 0 spiro atoms. The third-order valence-corrected chi connectivity index (χ3v) is 5.13. The predicted molar refractivity (Wildman–Crippen MR) is 108 cm³/mol. The van der Waals surface area contributed by atoms with Crippen molar-refractivity contribution in [2.24, 2.45) is 0 Å². The number of aromatic nitrogens is 1. The van der Waals surface area contributed by atoms with Crippen molar-refractivity contribution in [2.45, 2.75) is 13.1 Å². The van der Waals surface area contributed by atoms with Gasteiger partial charge in [-0.2, -0.15) is 0 Å². The van der Waals surface area contributed by atoms with E-state index in [4.69, 9.17) is 27.9 Å². The lowest BCUT2D eigenvalue weighted by Gasteiger charge is -2.22. The zero-order valence-corrected chi connectivity index (χ0v) is 16.3. The van der Waals surface area contributed by atoms with Crippen LogP contribution in [0.4, 0.5) is 5.69 Å². The van der Waals surface area contributed by atoms with E-state index in [1.807, 2.05) is 34.9 Å². The minimum absolute atomic E-state index is 0.113. The van der Waals surface area contributed by atoms with Gasteiger partial charge in [0.1, 0.15) is 11.4 Å². The van der Waals surface area contributed by atoms with E-state index in [2.05, 4.69) is 0 Å². The summed E-state index contributed by atoms with van der Waals surface area (Å²) in [4.78, 5) is 26.4. The predicted octanol–water partition coefficient (Wildman–Crippen LogP) is 4.49. The molecule has 0 fully saturated rings. The smallest absolute Gasteiger partial charge is 0.268 e. The molecule has 2 heterocycles. The number of benzene rings is 2. The summed E-state index contributed by atoms with van der Waals surface area (Å²) in [6.45, 7) is 0.677. The number of ether oxygens (including phenoxy) is 1. The number of hydrogen-bond acceptors (Lipinski definition) is 3. The van der Waals surface area contributed by atoms with E-state index in [-0.39, 0.29) is 12.5 Å². The van der Waals surface area contributed by atoms with Crippen LogP contribution >= 0.6 is 23.2 Å².